The lowest BCUT2D eigenvalue weighted by Crippen LogP contribution is -2.25. The number of rotatable bonds is 10. The van der Waals surface area contributed by atoms with Crippen molar-refractivity contribution in [3.8, 4) is 0 Å². The molecule has 11 heteroatoms. The maximum absolute atomic E-state index is 13.0. The minimum absolute atomic E-state index is 0.0647. The van der Waals surface area contributed by atoms with Crippen molar-refractivity contribution in [3.05, 3.63) is 36.0 Å². The van der Waals surface area contributed by atoms with Crippen molar-refractivity contribution in [2.24, 2.45) is 5.16 Å². The van der Waals surface area contributed by atoms with Crippen molar-refractivity contribution in [2.75, 3.05) is 24.3 Å². The fourth-order valence-corrected chi connectivity index (χ4v) is 5.33. The standard InChI is InChI=1S/C20H21N3O5S3/c24-16(25)11-29-17-9-21-20(31-17)22-19(26)18(23-28-13-7-8-27-10-13)12-1-3-14(4-2-12)30-15-5-6-15/h1-4,9,13,15H,5-8,10-11H2,(H,24,25)(H,21,22,26)/b23-18+/t13-/m1/s1. The molecule has 0 bridgehead atoms. The molecule has 1 aliphatic heterocycles. The largest absolute Gasteiger partial charge is 0.481 e. The Labute approximate surface area is 191 Å². The number of oxime groups is 1. The van der Waals surface area contributed by atoms with Gasteiger partial charge >= 0.3 is 5.97 Å². The highest BCUT2D eigenvalue weighted by molar-refractivity contribution is 8.01. The number of carboxylic acids is 1. The Hall–Kier alpha value is -2.08. The highest BCUT2D eigenvalue weighted by Crippen LogP contribution is 2.39. The highest BCUT2D eigenvalue weighted by atomic mass is 32.2. The Morgan fingerprint density at radius 2 is 2.10 bits per heavy atom. The van der Waals surface area contributed by atoms with Crippen molar-refractivity contribution >= 4 is 57.6 Å². The molecule has 31 heavy (non-hydrogen) atoms. The van der Waals surface area contributed by atoms with Crippen LogP contribution in [-0.4, -0.2) is 58.0 Å². The van der Waals surface area contributed by atoms with E-state index in [1.165, 1.54) is 24.2 Å². The Bertz CT molecular complexity index is 953. The zero-order valence-corrected chi connectivity index (χ0v) is 18.9. The monoisotopic (exact) mass is 479 g/mol. The SMILES string of the molecule is O=C(O)CSc1cnc(NC(=O)/C(=N/O[C@@H]2CCOC2)c2ccc(SC3CC3)cc2)s1. The molecule has 0 radical (unpaired) electrons. The van der Waals surface area contributed by atoms with Gasteiger partial charge in [0.1, 0.15) is 0 Å². The Morgan fingerprint density at radius 1 is 1.29 bits per heavy atom. The van der Waals surface area contributed by atoms with Gasteiger partial charge in [-0.15, -0.1) is 23.5 Å². The summed E-state index contributed by atoms with van der Waals surface area (Å²) in [6, 6.07) is 7.72. The predicted molar refractivity (Wildman–Crippen MR) is 121 cm³/mol. The molecule has 2 fully saturated rings. The van der Waals surface area contributed by atoms with Gasteiger partial charge in [0.2, 0.25) is 0 Å². The van der Waals surface area contributed by atoms with E-state index in [0.29, 0.717) is 33.4 Å². The molecule has 1 atom stereocenters. The maximum atomic E-state index is 13.0. The highest BCUT2D eigenvalue weighted by Gasteiger charge is 2.24. The summed E-state index contributed by atoms with van der Waals surface area (Å²) in [6.07, 6.45) is 4.59. The molecule has 1 aromatic heterocycles. The van der Waals surface area contributed by atoms with Crippen LogP contribution in [0.25, 0.3) is 0 Å². The number of aliphatic carboxylic acids is 1. The minimum Gasteiger partial charge on any atom is -0.481 e. The molecular weight excluding hydrogens is 458 g/mol. The van der Waals surface area contributed by atoms with E-state index >= 15 is 0 Å². The molecule has 0 unspecified atom stereocenters. The zero-order valence-electron chi connectivity index (χ0n) is 16.5. The summed E-state index contributed by atoms with van der Waals surface area (Å²) in [5, 5.41) is 16.8. The van der Waals surface area contributed by atoms with E-state index in [1.54, 1.807) is 6.20 Å². The van der Waals surface area contributed by atoms with Gasteiger partial charge in [-0.3, -0.25) is 14.9 Å². The van der Waals surface area contributed by atoms with E-state index in [1.807, 2.05) is 36.0 Å². The Morgan fingerprint density at radius 3 is 2.77 bits per heavy atom. The normalized spacial score (nSPS) is 18.7. The van der Waals surface area contributed by atoms with Gasteiger partial charge in [0.15, 0.2) is 16.9 Å². The number of amides is 1. The van der Waals surface area contributed by atoms with Crippen LogP contribution in [0.2, 0.25) is 0 Å². The van der Waals surface area contributed by atoms with Crippen LogP contribution in [0.5, 0.6) is 0 Å². The third-order valence-corrected chi connectivity index (χ3v) is 7.84. The van der Waals surface area contributed by atoms with Crippen molar-refractivity contribution in [1.82, 2.24) is 4.98 Å². The van der Waals surface area contributed by atoms with E-state index in [4.69, 9.17) is 14.7 Å². The summed E-state index contributed by atoms with van der Waals surface area (Å²) in [5.41, 5.74) is 0.804. The zero-order chi connectivity index (χ0) is 21.6. The Kier molecular flexibility index (Phi) is 7.49. The summed E-state index contributed by atoms with van der Waals surface area (Å²) in [4.78, 5) is 34.6. The summed E-state index contributed by atoms with van der Waals surface area (Å²) in [6.45, 7) is 1.07. The van der Waals surface area contributed by atoms with Gasteiger partial charge in [-0.2, -0.15) is 0 Å². The summed E-state index contributed by atoms with van der Waals surface area (Å²) >= 11 is 4.21. The van der Waals surface area contributed by atoms with Crippen LogP contribution in [0.1, 0.15) is 24.8 Å². The van der Waals surface area contributed by atoms with Crippen LogP contribution in [0.4, 0.5) is 5.13 Å². The fraction of sp³-hybridized carbons (Fsp3) is 0.400. The van der Waals surface area contributed by atoms with Gasteiger partial charge in [-0.1, -0.05) is 28.6 Å². The number of nitrogens with one attached hydrogen (secondary N) is 1. The molecule has 164 valence electrons. The third-order valence-electron chi connectivity index (χ3n) is 4.39. The second kappa shape index (κ2) is 10.5. The number of aromatic nitrogens is 1. The van der Waals surface area contributed by atoms with Crippen molar-refractivity contribution in [3.63, 3.8) is 0 Å². The number of anilines is 1. The molecule has 1 amide bonds. The number of hydrogen-bond acceptors (Lipinski definition) is 9. The van der Waals surface area contributed by atoms with Gasteiger partial charge in [0.05, 0.1) is 29.4 Å². The molecule has 8 nitrogen and oxygen atoms in total. The van der Waals surface area contributed by atoms with Gasteiger partial charge in [0, 0.05) is 22.1 Å². The van der Waals surface area contributed by atoms with E-state index in [2.05, 4.69) is 15.5 Å². The summed E-state index contributed by atoms with van der Waals surface area (Å²) in [5.74, 6) is -1.41. The number of benzene rings is 1. The molecule has 2 aliphatic rings. The first kappa shape index (κ1) is 22.1. The van der Waals surface area contributed by atoms with E-state index in [9.17, 15) is 9.59 Å². The number of ether oxygens (including phenoxy) is 1. The molecule has 4 rings (SSSR count). The lowest BCUT2D eigenvalue weighted by atomic mass is 10.1. The number of thiazole rings is 1. The smallest absolute Gasteiger partial charge is 0.313 e. The number of nitrogens with zero attached hydrogens (tertiary/aromatic N) is 2. The lowest BCUT2D eigenvalue weighted by Gasteiger charge is -2.10. The van der Waals surface area contributed by atoms with Gasteiger partial charge in [-0.05, 0) is 25.0 Å². The van der Waals surface area contributed by atoms with Crippen LogP contribution in [0.3, 0.4) is 0 Å². The molecule has 1 saturated carbocycles. The summed E-state index contributed by atoms with van der Waals surface area (Å²) in [7, 11) is 0. The maximum Gasteiger partial charge on any atom is 0.313 e. The number of thioether (sulfide) groups is 2. The van der Waals surface area contributed by atoms with Crippen molar-refractivity contribution < 1.29 is 24.3 Å². The average Bonchev–Trinajstić information content (AvgIpc) is 3.22. The molecule has 0 spiro atoms. The number of carbonyl (C=O) groups excluding carboxylic acids is 1. The number of carbonyl (C=O) groups is 2. The quantitative estimate of drug-likeness (QED) is 0.301. The first-order chi connectivity index (χ1) is 15.1. The van der Waals surface area contributed by atoms with Crippen LogP contribution in [0.15, 0.2) is 44.7 Å². The molecule has 1 saturated heterocycles. The van der Waals surface area contributed by atoms with E-state index < -0.39 is 11.9 Å². The molecule has 1 aliphatic carbocycles. The predicted octanol–water partition coefficient (Wildman–Crippen LogP) is 3.72. The van der Waals surface area contributed by atoms with Gasteiger partial charge in [0.25, 0.3) is 5.91 Å². The number of hydrogen-bond donors (Lipinski definition) is 2. The molecular formula is C20H21N3O5S3. The van der Waals surface area contributed by atoms with E-state index in [0.717, 1.165) is 23.1 Å². The van der Waals surface area contributed by atoms with Crippen LogP contribution in [0, 0.1) is 0 Å². The first-order valence-corrected chi connectivity index (χ1v) is 12.5. The molecule has 1 aromatic carbocycles. The second-order valence-corrected chi connectivity index (χ2v) is 10.7. The Balaban J connectivity index is 1.46. The fourth-order valence-electron chi connectivity index (χ4n) is 2.69. The summed E-state index contributed by atoms with van der Waals surface area (Å²) < 4.78 is 6.01. The number of carboxylic acid groups (broad SMARTS) is 1. The minimum atomic E-state index is -0.908. The molecule has 2 aromatic rings. The first-order valence-electron chi connectivity index (χ1n) is 9.77. The van der Waals surface area contributed by atoms with Crippen molar-refractivity contribution in [1.29, 1.82) is 0 Å². The van der Waals surface area contributed by atoms with Crippen LogP contribution >= 0.6 is 34.9 Å². The van der Waals surface area contributed by atoms with Gasteiger partial charge in [-0.25, -0.2) is 4.98 Å². The van der Waals surface area contributed by atoms with Crippen LogP contribution in [-0.2, 0) is 19.2 Å². The second-order valence-electron chi connectivity index (χ2n) is 6.99. The molecule has 2 heterocycles. The van der Waals surface area contributed by atoms with Crippen molar-refractivity contribution in [2.45, 2.75) is 39.7 Å². The van der Waals surface area contributed by atoms with Gasteiger partial charge < -0.3 is 14.7 Å². The van der Waals surface area contributed by atoms with Crippen LogP contribution < -0.4 is 5.32 Å². The third kappa shape index (κ3) is 6.70. The lowest BCUT2D eigenvalue weighted by molar-refractivity contribution is -0.133. The van der Waals surface area contributed by atoms with E-state index in [-0.39, 0.29) is 17.6 Å². The molecule has 2 N–H and O–H groups in total. The average molecular weight is 480 g/mol. The topological polar surface area (TPSA) is 110 Å².